The summed E-state index contributed by atoms with van der Waals surface area (Å²) in [4.78, 5) is 13.0. The zero-order valence-corrected chi connectivity index (χ0v) is 12.0. The highest BCUT2D eigenvalue weighted by Crippen LogP contribution is 2.10. The van der Waals surface area contributed by atoms with Gasteiger partial charge in [-0.25, -0.2) is 0 Å². The Morgan fingerprint density at radius 2 is 1.68 bits per heavy atom. The van der Waals surface area contributed by atoms with Crippen LogP contribution in [0.1, 0.15) is 51.4 Å². The largest absolute Gasteiger partial charge is 0.366 e. The molecule has 3 heteroatoms. The van der Waals surface area contributed by atoms with Crippen LogP contribution < -0.4 is 5.73 Å². The van der Waals surface area contributed by atoms with Gasteiger partial charge in [-0.15, -0.1) is 0 Å². The number of carbonyl (C=O) groups is 1. The van der Waals surface area contributed by atoms with Gasteiger partial charge < -0.3 is 10.6 Å². The third-order valence-electron chi connectivity index (χ3n) is 3.55. The molecule has 108 valence electrons. The Labute approximate surface area is 117 Å². The third-order valence-corrected chi connectivity index (χ3v) is 3.55. The second-order valence-corrected chi connectivity index (χ2v) is 5.29. The maximum Gasteiger partial charge on any atom is 0.241 e. The Hall–Kier alpha value is -1.09. The zero-order valence-electron chi connectivity index (χ0n) is 12.0. The number of allylic oxidation sites excluding steroid dienone is 3. The molecule has 1 amide bonds. The monoisotopic (exact) mass is 264 g/mol. The van der Waals surface area contributed by atoms with Gasteiger partial charge in [0.2, 0.25) is 5.91 Å². The molecule has 0 unspecified atom stereocenters. The van der Waals surface area contributed by atoms with Crippen LogP contribution in [0.15, 0.2) is 24.3 Å². The van der Waals surface area contributed by atoms with Gasteiger partial charge in [-0.2, -0.15) is 0 Å². The molecule has 1 fully saturated rings. The smallest absolute Gasteiger partial charge is 0.241 e. The minimum absolute atomic E-state index is 0.386. The van der Waals surface area contributed by atoms with Gasteiger partial charge in [0.1, 0.15) is 0 Å². The molecule has 0 bridgehead atoms. The van der Waals surface area contributed by atoms with E-state index in [-0.39, 0.29) is 5.91 Å². The number of rotatable bonds is 10. The van der Waals surface area contributed by atoms with Gasteiger partial charge in [0.15, 0.2) is 0 Å². The van der Waals surface area contributed by atoms with Gasteiger partial charge in [-0.3, -0.25) is 4.79 Å². The van der Waals surface area contributed by atoms with Crippen molar-refractivity contribution in [1.82, 2.24) is 4.90 Å². The van der Waals surface area contributed by atoms with Crippen LogP contribution in [0.2, 0.25) is 0 Å². The highest BCUT2D eigenvalue weighted by atomic mass is 16.1. The summed E-state index contributed by atoms with van der Waals surface area (Å²) in [5, 5.41) is 0. The summed E-state index contributed by atoms with van der Waals surface area (Å²) < 4.78 is 0. The molecular formula is C16H28N2O. The lowest BCUT2D eigenvalue weighted by molar-refractivity contribution is -0.113. The molecule has 0 aromatic heterocycles. The fraction of sp³-hybridized carbons (Fsp3) is 0.688. The predicted molar refractivity (Wildman–Crippen MR) is 80.9 cm³/mol. The molecule has 1 heterocycles. The van der Waals surface area contributed by atoms with Crippen molar-refractivity contribution in [3.63, 3.8) is 0 Å². The van der Waals surface area contributed by atoms with Crippen LogP contribution in [0.25, 0.3) is 0 Å². The first-order valence-electron chi connectivity index (χ1n) is 7.64. The molecular weight excluding hydrogens is 236 g/mol. The summed E-state index contributed by atoms with van der Waals surface area (Å²) in [6, 6.07) is 0. The van der Waals surface area contributed by atoms with Gasteiger partial charge in [-0.1, -0.05) is 37.5 Å². The summed E-state index contributed by atoms with van der Waals surface area (Å²) in [6.07, 6.45) is 17.6. The van der Waals surface area contributed by atoms with E-state index in [0.717, 1.165) is 6.42 Å². The lowest BCUT2D eigenvalue weighted by Gasteiger charge is -2.13. The molecule has 0 saturated carbocycles. The van der Waals surface area contributed by atoms with E-state index in [1.54, 1.807) is 6.08 Å². The minimum Gasteiger partial charge on any atom is -0.366 e. The first-order chi connectivity index (χ1) is 9.29. The van der Waals surface area contributed by atoms with Crippen LogP contribution in [0, 0.1) is 0 Å². The van der Waals surface area contributed by atoms with Crippen LogP contribution in [0.4, 0.5) is 0 Å². The summed E-state index contributed by atoms with van der Waals surface area (Å²) in [5.74, 6) is -0.386. The lowest BCUT2D eigenvalue weighted by Crippen LogP contribution is -2.20. The molecule has 1 saturated heterocycles. The van der Waals surface area contributed by atoms with Crippen LogP contribution >= 0.6 is 0 Å². The second kappa shape index (κ2) is 10.8. The van der Waals surface area contributed by atoms with Gasteiger partial charge in [0.05, 0.1) is 0 Å². The maximum absolute atomic E-state index is 10.4. The molecule has 0 aromatic rings. The van der Waals surface area contributed by atoms with Crippen molar-refractivity contribution in [1.29, 1.82) is 0 Å². The summed E-state index contributed by atoms with van der Waals surface area (Å²) in [6.45, 7) is 3.95. The molecule has 3 nitrogen and oxygen atoms in total. The normalized spacial score (nSPS) is 16.8. The molecule has 0 spiro atoms. The molecule has 19 heavy (non-hydrogen) atoms. The lowest BCUT2D eigenvalue weighted by atomic mass is 10.1. The summed E-state index contributed by atoms with van der Waals surface area (Å²) >= 11 is 0. The number of hydrogen-bond acceptors (Lipinski definition) is 2. The first-order valence-corrected chi connectivity index (χ1v) is 7.64. The molecule has 0 aliphatic carbocycles. The maximum atomic E-state index is 10.4. The number of hydrogen-bond donors (Lipinski definition) is 1. The van der Waals surface area contributed by atoms with Crippen molar-refractivity contribution < 1.29 is 4.79 Å². The molecule has 0 atom stereocenters. The van der Waals surface area contributed by atoms with Crippen molar-refractivity contribution in [2.45, 2.75) is 51.4 Å². The average Bonchev–Trinajstić information content (AvgIpc) is 2.88. The number of likely N-dealkylation sites (tertiary alicyclic amines) is 1. The van der Waals surface area contributed by atoms with Crippen molar-refractivity contribution in [3.8, 4) is 0 Å². The van der Waals surface area contributed by atoms with Gasteiger partial charge in [0, 0.05) is 6.08 Å². The van der Waals surface area contributed by atoms with E-state index in [0.29, 0.717) is 0 Å². The van der Waals surface area contributed by atoms with E-state index >= 15 is 0 Å². The Balaban J connectivity index is 1.81. The van der Waals surface area contributed by atoms with E-state index < -0.39 is 0 Å². The minimum atomic E-state index is -0.386. The first kappa shape index (κ1) is 16.0. The quantitative estimate of drug-likeness (QED) is 0.374. The van der Waals surface area contributed by atoms with E-state index in [4.69, 9.17) is 5.73 Å². The fourth-order valence-corrected chi connectivity index (χ4v) is 2.46. The van der Waals surface area contributed by atoms with Crippen molar-refractivity contribution in [2.75, 3.05) is 19.6 Å². The Kier molecular flexibility index (Phi) is 9.07. The number of unbranched alkanes of at least 4 members (excludes halogenated alkanes) is 5. The zero-order chi connectivity index (χ0) is 13.8. The standard InChI is InChI=1S/C16H28N2O/c17-16(19)12-8-6-4-2-1-3-5-7-9-13-18-14-10-11-15-18/h4,6,8,12H,1-3,5,7,9-11,13-15H2,(H2,17,19)/b6-4+,12-8+. The SMILES string of the molecule is NC(=O)/C=C/C=C/CCCCCCCN1CCCC1. The summed E-state index contributed by atoms with van der Waals surface area (Å²) in [5.41, 5.74) is 4.98. The molecule has 1 rings (SSSR count). The topological polar surface area (TPSA) is 46.3 Å². The third kappa shape index (κ3) is 9.48. The number of amides is 1. The Morgan fingerprint density at radius 1 is 1.00 bits per heavy atom. The molecule has 0 radical (unpaired) electrons. The summed E-state index contributed by atoms with van der Waals surface area (Å²) in [7, 11) is 0. The van der Waals surface area contributed by atoms with E-state index in [2.05, 4.69) is 11.0 Å². The van der Waals surface area contributed by atoms with Gasteiger partial charge in [0.25, 0.3) is 0 Å². The highest BCUT2D eigenvalue weighted by Gasteiger charge is 2.09. The van der Waals surface area contributed by atoms with Crippen LogP contribution in [-0.4, -0.2) is 30.4 Å². The van der Waals surface area contributed by atoms with Gasteiger partial charge >= 0.3 is 0 Å². The molecule has 2 N–H and O–H groups in total. The number of carbonyl (C=O) groups excluding carboxylic acids is 1. The van der Waals surface area contributed by atoms with E-state index in [9.17, 15) is 4.79 Å². The Bertz CT molecular complexity index is 291. The van der Waals surface area contributed by atoms with Crippen LogP contribution in [0.5, 0.6) is 0 Å². The van der Waals surface area contributed by atoms with Crippen LogP contribution in [-0.2, 0) is 4.79 Å². The molecule has 1 aliphatic heterocycles. The molecule has 0 aromatic carbocycles. The number of primary amides is 1. The number of nitrogens with two attached hydrogens (primary N) is 1. The van der Waals surface area contributed by atoms with Crippen LogP contribution in [0.3, 0.4) is 0 Å². The highest BCUT2D eigenvalue weighted by molar-refractivity contribution is 5.85. The van der Waals surface area contributed by atoms with E-state index in [1.807, 2.05) is 6.08 Å². The van der Waals surface area contributed by atoms with Crippen molar-refractivity contribution in [3.05, 3.63) is 24.3 Å². The fourth-order valence-electron chi connectivity index (χ4n) is 2.46. The Morgan fingerprint density at radius 3 is 2.42 bits per heavy atom. The van der Waals surface area contributed by atoms with Crippen molar-refractivity contribution in [2.24, 2.45) is 5.73 Å². The predicted octanol–water partition coefficient (Wildman–Crippen LogP) is 3.02. The van der Waals surface area contributed by atoms with Gasteiger partial charge in [-0.05, 0) is 51.7 Å². The van der Waals surface area contributed by atoms with Crippen molar-refractivity contribution >= 4 is 5.91 Å². The number of nitrogens with zero attached hydrogens (tertiary/aromatic N) is 1. The molecule has 1 aliphatic rings. The van der Waals surface area contributed by atoms with E-state index in [1.165, 1.54) is 70.7 Å². The average molecular weight is 264 g/mol. The second-order valence-electron chi connectivity index (χ2n) is 5.29.